The van der Waals surface area contributed by atoms with Gasteiger partial charge in [0.05, 0.1) is 18.3 Å². The van der Waals surface area contributed by atoms with Gasteiger partial charge in [-0.25, -0.2) is 5.43 Å². The third kappa shape index (κ3) is 5.62. The van der Waals surface area contributed by atoms with Crippen molar-refractivity contribution in [2.24, 2.45) is 5.10 Å². The van der Waals surface area contributed by atoms with Gasteiger partial charge in [0.1, 0.15) is 4.90 Å². The van der Waals surface area contributed by atoms with Crippen LogP contribution in [0.15, 0.2) is 88.9 Å². The summed E-state index contributed by atoms with van der Waals surface area (Å²) in [7, 11) is -2.77. The number of nitrogens with one attached hydrogen (secondary N) is 1. The van der Waals surface area contributed by atoms with E-state index >= 15 is 0 Å². The highest BCUT2D eigenvalue weighted by Crippen LogP contribution is 2.38. The minimum absolute atomic E-state index is 0.00217. The smallest absolute Gasteiger partial charge is 0.339 e. The summed E-state index contributed by atoms with van der Waals surface area (Å²) in [4.78, 5) is 12.5. The van der Waals surface area contributed by atoms with Crippen LogP contribution in [0.5, 0.6) is 11.5 Å². The second kappa shape index (κ2) is 10.2. The van der Waals surface area contributed by atoms with Crippen molar-refractivity contribution in [3.8, 4) is 11.5 Å². The molecule has 1 N–H and O–H groups in total. The Labute approximate surface area is 208 Å². The van der Waals surface area contributed by atoms with Gasteiger partial charge in [-0.05, 0) is 59.7 Å². The maximum atomic E-state index is 12.7. The third-order valence-electron chi connectivity index (χ3n) is 5.15. The van der Waals surface area contributed by atoms with E-state index in [0.29, 0.717) is 11.1 Å². The second-order valence-corrected chi connectivity index (χ2v) is 9.60. The number of rotatable bonds is 7. The van der Waals surface area contributed by atoms with Gasteiger partial charge < -0.3 is 8.92 Å². The molecule has 1 amide bonds. The number of halogens is 1. The first kappa shape index (κ1) is 24.3. The van der Waals surface area contributed by atoms with Crippen LogP contribution in [0.3, 0.4) is 0 Å². The number of methoxy groups -OCH3 is 1. The van der Waals surface area contributed by atoms with Crippen molar-refractivity contribution in [2.45, 2.75) is 11.8 Å². The molecule has 4 aromatic rings. The van der Waals surface area contributed by atoms with Gasteiger partial charge in [-0.15, -0.1) is 0 Å². The number of nitrogens with zero attached hydrogens (tertiary/aromatic N) is 1. The summed E-state index contributed by atoms with van der Waals surface area (Å²) in [5.41, 5.74) is 4.30. The van der Waals surface area contributed by atoms with Crippen molar-refractivity contribution in [3.05, 3.63) is 101 Å². The van der Waals surface area contributed by atoms with E-state index in [4.69, 9.17) is 20.5 Å². The number of aryl methyl sites for hydroxylation is 1. The van der Waals surface area contributed by atoms with Crippen molar-refractivity contribution in [1.29, 1.82) is 0 Å². The minimum atomic E-state index is -4.13. The molecule has 9 heteroatoms. The zero-order chi connectivity index (χ0) is 25.0. The number of ether oxygens (including phenoxy) is 1. The highest BCUT2D eigenvalue weighted by molar-refractivity contribution is 7.87. The van der Waals surface area contributed by atoms with E-state index in [1.807, 2.05) is 37.3 Å². The van der Waals surface area contributed by atoms with Gasteiger partial charge in [0.2, 0.25) is 5.75 Å². The van der Waals surface area contributed by atoms with Crippen LogP contribution in [-0.2, 0) is 10.1 Å². The fraction of sp³-hybridized carbons (Fsp3) is 0.0769. The minimum Gasteiger partial charge on any atom is -0.493 e. The molecule has 0 heterocycles. The number of fused-ring (bicyclic) bond motifs is 1. The first-order chi connectivity index (χ1) is 16.8. The zero-order valence-electron chi connectivity index (χ0n) is 18.9. The van der Waals surface area contributed by atoms with E-state index in [2.05, 4.69) is 10.5 Å². The van der Waals surface area contributed by atoms with Gasteiger partial charge >= 0.3 is 10.1 Å². The highest BCUT2D eigenvalue weighted by atomic mass is 35.5. The van der Waals surface area contributed by atoms with Crippen LogP contribution in [0.2, 0.25) is 5.02 Å². The van der Waals surface area contributed by atoms with E-state index in [1.54, 1.807) is 24.3 Å². The maximum Gasteiger partial charge on any atom is 0.339 e. The summed E-state index contributed by atoms with van der Waals surface area (Å²) in [6.45, 7) is 1.85. The van der Waals surface area contributed by atoms with Gasteiger partial charge in [0, 0.05) is 5.56 Å². The molecule has 4 rings (SSSR count). The zero-order valence-corrected chi connectivity index (χ0v) is 20.4. The lowest BCUT2D eigenvalue weighted by atomic mass is 10.1. The fourth-order valence-corrected chi connectivity index (χ4v) is 4.58. The molecule has 7 nitrogen and oxygen atoms in total. The van der Waals surface area contributed by atoms with Crippen LogP contribution in [0.25, 0.3) is 10.8 Å². The molecule has 0 aliphatic carbocycles. The Morgan fingerprint density at radius 3 is 2.40 bits per heavy atom. The molecule has 0 fully saturated rings. The molecule has 0 aromatic heterocycles. The van der Waals surface area contributed by atoms with E-state index < -0.39 is 10.1 Å². The van der Waals surface area contributed by atoms with E-state index in [-0.39, 0.29) is 27.3 Å². The maximum absolute atomic E-state index is 12.7. The molecule has 0 saturated heterocycles. The predicted octanol–water partition coefficient (Wildman–Crippen LogP) is 5.34. The molecule has 0 bridgehead atoms. The van der Waals surface area contributed by atoms with Gasteiger partial charge in [0.25, 0.3) is 5.91 Å². The van der Waals surface area contributed by atoms with Crippen molar-refractivity contribution in [2.75, 3.05) is 7.11 Å². The van der Waals surface area contributed by atoms with Crippen LogP contribution < -0.4 is 14.3 Å². The van der Waals surface area contributed by atoms with Crippen molar-refractivity contribution in [1.82, 2.24) is 5.43 Å². The second-order valence-electron chi connectivity index (χ2n) is 7.65. The molecule has 178 valence electrons. The molecule has 4 aromatic carbocycles. The average Bonchev–Trinajstić information content (AvgIpc) is 2.85. The van der Waals surface area contributed by atoms with Crippen LogP contribution >= 0.6 is 11.6 Å². The number of hydrazone groups is 1. The summed E-state index contributed by atoms with van der Waals surface area (Å²) >= 11 is 6.31. The Morgan fingerprint density at radius 2 is 1.69 bits per heavy atom. The SMILES string of the molecule is COc1cc(/C=N\NC(=O)c2ccc3ccccc3c2)cc(Cl)c1OS(=O)(=O)c1ccc(C)cc1. The molecular weight excluding hydrogens is 488 g/mol. The summed E-state index contributed by atoms with van der Waals surface area (Å²) in [6, 6.07) is 22.3. The topological polar surface area (TPSA) is 94.1 Å². The van der Waals surface area contributed by atoms with Crippen molar-refractivity contribution in [3.63, 3.8) is 0 Å². The Kier molecular flexibility index (Phi) is 7.04. The summed E-state index contributed by atoms with van der Waals surface area (Å²) in [6.07, 6.45) is 1.37. The number of benzene rings is 4. The number of carbonyl (C=O) groups is 1. The molecule has 0 saturated carbocycles. The Hall–Kier alpha value is -3.88. The Morgan fingerprint density at radius 1 is 0.971 bits per heavy atom. The largest absolute Gasteiger partial charge is 0.493 e. The fourth-order valence-electron chi connectivity index (χ4n) is 3.32. The molecule has 0 atom stereocenters. The molecule has 35 heavy (non-hydrogen) atoms. The molecule has 0 aliphatic heterocycles. The molecule has 0 unspecified atom stereocenters. The molecule has 0 radical (unpaired) electrons. The number of hydrogen-bond acceptors (Lipinski definition) is 6. The lowest BCUT2D eigenvalue weighted by molar-refractivity contribution is 0.0955. The number of carbonyl (C=O) groups excluding carboxylic acids is 1. The first-order valence-electron chi connectivity index (χ1n) is 10.5. The van der Waals surface area contributed by atoms with Crippen LogP contribution in [0.4, 0.5) is 0 Å². The summed E-state index contributed by atoms with van der Waals surface area (Å²) in [5, 5.41) is 5.95. The van der Waals surface area contributed by atoms with Gasteiger partial charge in [0.15, 0.2) is 5.75 Å². The van der Waals surface area contributed by atoms with E-state index in [9.17, 15) is 13.2 Å². The average molecular weight is 509 g/mol. The highest BCUT2D eigenvalue weighted by Gasteiger charge is 2.22. The summed E-state index contributed by atoms with van der Waals surface area (Å²) < 4.78 is 35.9. The standard InChI is InChI=1S/C26H21ClN2O5S/c1-17-7-11-22(12-8-17)35(31,32)34-25-23(27)13-18(14-24(25)33-2)16-28-29-26(30)21-10-9-19-5-3-4-6-20(19)15-21/h3-16H,1-2H3,(H,29,30)/b28-16-. The van der Waals surface area contributed by atoms with Gasteiger partial charge in [-0.2, -0.15) is 13.5 Å². The Balaban J connectivity index is 1.51. The first-order valence-corrected chi connectivity index (χ1v) is 12.3. The molecular formula is C26H21ClN2O5S. The van der Waals surface area contributed by atoms with Crippen LogP contribution in [-0.4, -0.2) is 27.6 Å². The number of amides is 1. The van der Waals surface area contributed by atoms with Crippen LogP contribution in [0.1, 0.15) is 21.5 Å². The quantitative estimate of drug-likeness (QED) is 0.206. The monoisotopic (exact) mass is 508 g/mol. The van der Waals surface area contributed by atoms with Crippen molar-refractivity contribution >= 4 is 44.6 Å². The summed E-state index contributed by atoms with van der Waals surface area (Å²) in [5.74, 6) is -0.434. The third-order valence-corrected chi connectivity index (χ3v) is 6.66. The van der Waals surface area contributed by atoms with Crippen LogP contribution in [0, 0.1) is 6.92 Å². The van der Waals surface area contributed by atoms with Crippen molar-refractivity contribution < 1.29 is 22.1 Å². The predicted molar refractivity (Wildman–Crippen MR) is 136 cm³/mol. The van der Waals surface area contributed by atoms with Gasteiger partial charge in [-0.3, -0.25) is 4.79 Å². The van der Waals surface area contributed by atoms with E-state index in [0.717, 1.165) is 16.3 Å². The number of hydrogen-bond donors (Lipinski definition) is 1. The Bertz CT molecular complexity index is 1530. The normalized spacial score (nSPS) is 11.5. The lowest BCUT2D eigenvalue weighted by Crippen LogP contribution is -2.17. The van der Waals surface area contributed by atoms with E-state index in [1.165, 1.54) is 37.6 Å². The van der Waals surface area contributed by atoms with Gasteiger partial charge in [-0.1, -0.05) is 59.6 Å². The lowest BCUT2D eigenvalue weighted by Gasteiger charge is -2.13. The molecule has 0 aliphatic rings. The molecule has 0 spiro atoms.